The highest BCUT2D eigenvalue weighted by atomic mass is 16.5. The molecule has 0 aromatic rings. The van der Waals surface area contributed by atoms with E-state index in [1.165, 1.54) is 6.08 Å². The smallest absolute Gasteiger partial charge is 0.319 e. The summed E-state index contributed by atoms with van der Waals surface area (Å²) in [6, 6.07) is 0. The lowest BCUT2D eigenvalue weighted by molar-refractivity contribution is -0.160. The predicted molar refractivity (Wildman–Crippen MR) is 68.6 cm³/mol. The van der Waals surface area contributed by atoms with Gasteiger partial charge in [-0.15, -0.1) is 0 Å². The molecule has 3 heteroatoms. The Kier molecular flexibility index (Phi) is 6.78. The third-order valence-corrected chi connectivity index (χ3v) is 3.09. The van der Waals surface area contributed by atoms with Gasteiger partial charge in [-0.2, -0.15) is 0 Å². The number of aldehydes is 1. The largest absolute Gasteiger partial charge is 0.461 e. The number of carbonyl (C=O) groups is 2. The third kappa shape index (κ3) is 4.33. The Balaban J connectivity index is 4.86. The van der Waals surface area contributed by atoms with Crippen LogP contribution >= 0.6 is 0 Å². The first-order chi connectivity index (χ1) is 7.90. The van der Waals surface area contributed by atoms with Crippen molar-refractivity contribution in [2.24, 2.45) is 17.3 Å². The van der Waals surface area contributed by atoms with Crippen molar-refractivity contribution in [2.45, 2.75) is 40.5 Å². The number of hydrogen-bond donors (Lipinski definition) is 0. The van der Waals surface area contributed by atoms with E-state index >= 15 is 0 Å². The molecule has 1 unspecified atom stereocenters. The zero-order valence-electron chi connectivity index (χ0n) is 11.4. The second kappa shape index (κ2) is 7.25. The van der Waals surface area contributed by atoms with Gasteiger partial charge < -0.3 is 9.53 Å². The first-order valence-electron chi connectivity index (χ1n) is 6.15. The maximum Gasteiger partial charge on any atom is 0.319 e. The van der Waals surface area contributed by atoms with Crippen LogP contribution in [0.3, 0.4) is 0 Å². The summed E-state index contributed by atoms with van der Waals surface area (Å²) in [5, 5.41) is 0. The molecule has 0 rings (SSSR count). The van der Waals surface area contributed by atoms with Crippen LogP contribution in [-0.2, 0) is 14.3 Å². The second-order valence-corrected chi connectivity index (χ2v) is 5.13. The molecule has 1 atom stereocenters. The van der Waals surface area contributed by atoms with Gasteiger partial charge in [0.15, 0.2) is 0 Å². The maximum absolute atomic E-state index is 12.0. The molecule has 0 aliphatic rings. The van der Waals surface area contributed by atoms with E-state index in [-0.39, 0.29) is 12.5 Å². The molecular formula is C14H24O3. The molecule has 0 aliphatic heterocycles. The highest BCUT2D eigenvalue weighted by Crippen LogP contribution is 2.33. The third-order valence-electron chi connectivity index (χ3n) is 3.09. The summed E-state index contributed by atoms with van der Waals surface area (Å²) in [5.41, 5.74) is -1.01. The molecule has 0 saturated carbocycles. The van der Waals surface area contributed by atoms with Crippen molar-refractivity contribution in [3.8, 4) is 0 Å². The van der Waals surface area contributed by atoms with Crippen molar-refractivity contribution in [3.63, 3.8) is 0 Å². The van der Waals surface area contributed by atoms with Gasteiger partial charge in [-0.3, -0.25) is 4.79 Å². The van der Waals surface area contributed by atoms with Gasteiger partial charge >= 0.3 is 5.97 Å². The Morgan fingerprint density at radius 3 is 2.29 bits per heavy atom. The molecule has 0 aliphatic carbocycles. The van der Waals surface area contributed by atoms with E-state index < -0.39 is 11.4 Å². The molecular weight excluding hydrogens is 216 g/mol. The Morgan fingerprint density at radius 2 is 1.94 bits per heavy atom. The number of esters is 1. The number of rotatable bonds is 8. The van der Waals surface area contributed by atoms with Gasteiger partial charge in [-0.25, -0.2) is 0 Å². The summed E-state index contributed by atoms with van der Waals surface area (Å²) in [7, 11) is 0. The fourth-order valence-corrected chi connectivity index (χ4v) is 1.67. The van der Waals surface area contributed by atoms with Crippen LogP contribution < -0.4 is 0 Å². The summed E-state index contributed by atoms with van der Waals surface area (Å²) in [6.07, 6.45) is 3.64. The molecule has 0 heterocycles. The predicted octanol–water partition coefficient (Wildman–Crippen LogP) is 2.99. The molecule has 0 bridgehead atoms. The van der Waals surface area contributed by atoms with Crippen LogP contribution in [-0.4, -0.2) is 18.9 Å². The highest BCUT2D eigenvalue weighted by molar-refractivity contribution is 5.93. The minimum absolute atomic E-state index is 0.0592. The van der Waals surface area contributed by atoms with Gasteiger partial charge in [0.1, 0.15) is 18.3 Å². The molecule has 0 N–H and O–H groups in total. The number of ether oxygens (including phenoxy) is 1. The summed E-state index contributed by atoms with van der Waals surface area (Å²) in [6.45, 7) is 11.6. The van der Waals surface area contributed by atoms with Crippen LogP contribution in [0.15, 0.2) is 12.7 Å². The van der Waals surface area contributed by atoms with Gasteiger partial charge in [-0.1, -0.05) is 40.3 Å². The molecule has 0 spiro atoms. The first kappa shape index (κ1) is 15.9. The lowest BCUT2D eigenvalue weighted by atomic mass is 9.74. The van der Waals surface area contributed by atoms with E-state index in [1.807, 2.05) is 13.8 Å². The van der Waals surface area contributed by atoms with E-state index in [2.05, 4.69) is 20.4 Å². The summed E-state index contributed by atoms with van der Waals surface area (Å²) in [4.78, 5) is 23.4. The van der Waals surface area contributed by atoms with Crippen molar-refractivity contribution >= 4 is 12.3 Å². The van der Waals surface area contributed by atoms with Gasteiger partial charge in [0.05, 0.1) is 0 Å². The van der Waals surface area contributed by atoms with Crippen LogP contribution in [0.5, 0.6) is 0 Å². The number of hydrogen-bond acceptors (Lipinski definition) is 3. The SMILES string of the molecule is C=CCOC(=O)C(C=O)(CCC(C)C)C(C)C. The molecule has 0 radical (unpaired) electrons. The van der Waals surface area contributed by atoms with Crippen molar-refractivity contribution in [3.05, 3.63) is 12.7 Å². The summed E-state index contributed by atoms with van der Waals surface area (Å²) >= 11 is 0. The summed E-state index contributed by atoms with van der Waals surface area (Å²) in [5.74, 6) is -0.0283. The fraction of sp³-hybridized carbons (Fsp3) is 0.714. The molecule has 3 nitrogen and oxygen atoms in total. The molecule has 0 fully saturated rings. The van der Waals surface area contributed by atoms with E-state index in [0.29, 0.717) is 12.3 Å². The highest BCUT2D eigenvalue weighted by Gasteiger charge is 2.42. The van der Waals surface area contributed by atoms with Crippen molar-refractivity contribution in [1.82, 2.24) is 0 Å². The van der Waals surface area contributed by atoms with E-state index in [4.69, 9.17) is 4.74 Å². The molecule has 17 heavy (non-hydrogen) atoms. The topological polar surface area (TPSA) is 43.4 Å². The lowest BCUT2D eigenvalue weighted by Crippen LogP contribution is -2.40. The Labute approximate surface area is 104 Å². The van der Waals surface area contributed by atoms with E-state index in [1.54, 1.807) is 0 Å². The van der Waals surface area contributed by atoms with Crippen LogP contribution in [0.1, 0.15) is 40.5 Å². The summed E-state index contributed by atoms with van der Waals surface area (Å²) < 4.78 is 5.05. The zero-order chi connectivity index (χ0) is 13.5. The van der Waals surface area contributed by atoms with Gasteiger partial charge in [-0.05, 0) is 24.7 Å². The average molecular weight is 240 g/mol. The lowest BCUT2D eigenvalue weighted by Gasteiger charge is -2.30. The zero-order valence-corrected chi connectivity index (χ0v) is 11.4. The molecule has 0 aromatic heterocycles. The van der Waals surface area contributed by atoms with E-state index in [0.717, 1.165) is 12.7 Å². The fourth-order valence-electron chi connectivity index (χ4n) is 1.67. The quantitative estimate of drug-likeness (QED) is 0.283. The number of carbonyl (C=O) groups excluding carboxylic acids is 2. The van der Waals surface area contributed by atoms with Crippen LogP contribution in [0.4, 0.5) is 0 Å². The first-order valence-corrected chi connectivity index (χ1v) is 6.15. The molecule has 0 amide bonds. The van der Waals surface area contributed by atoms with Gasteiger partial charge in [0.2, 0.25) is 0 Å². The monoisotopic (exact) mass is 240 g/mol. The normalized spacial score (nSPS) is 14.5. The minimum Gasteiger partial charge on any atom is -0.461 e. The van der Waals surface area contributed by atoms with Gasteiger partial charge in [0.25, 0.3) is 0 Å². The molecule has 0 saturated heterocycles. The van der Waals surface area contributed by atoms with Gasteiger partial charge in [0, 0.05) is 0 Å². The Bertz CT molecular complexity index is 269. The standard InChI is InChI=1S/C14H24O3/c1-6-9-17-13(16)14(10-15,12(4)5)8-7-11(2)3/h6,10-12H,1,7-9H2,2-5H3. The Hall–Kier alpha value is -1.12. The van der Waals surface area contributed by atoms with Crippen LogP contribution in [0.2, 0.25) is 0 Å². The van der Waals surface area contributed by atoms with Crippen LogP contribution in [0.25, 0.3) is 0 Å². The van der Waals surface area contributed by atoms with E-state index in [9.17, 15) is 9.59 Å². The van der Waals surface area contributed by atoms with Crippen molar-refractivity contribution < 1.29 is 14.3 Å². The molecule has 98 valence electrons. The van der Waals surface area contributed by atoms with Crippen molar-refractivity contribution in [2.75, 3.05) is 6.61 Å². The second-order valence-electron chi connectivity index (χ2n) is 5.13. The van der Waals surface area contributed by atoms with Crippen LogP contribution in [0, 0.1) is 17.3 Å². The Morgan fingerprint density at radius 1 is 1.35 bits per heavy atom. The minimum atomic E-state index is -1.01. The molecule has 0 aromatic carbocycles. The average Bonchev–Trinajstić information content (AvgIpc) is 2.26. The maximum atomic E-state index is 12.0. The van der Waals surface area contributed by atoms with Crippen molar-refractivity contribution in [1.29, 1.82) is 0 Å².